The number of benzene rings is 1. The molecule has 0 atom stereocenters. The Hall–Kier alpha value is -2.51. The Bertz CT molecular complexity index is 627. The number of cyclic esters (lactones) is 1. The molecule has 2 heterocycles. The zero-order chi connectivity index (χ0) is 15.1. The monoisotopic (exact) mass is 296 g/mol. The number of likely N-dealkylation sites (tertiary alicyclic amines) is 1. The van der Waals surface area contributed by atoms with Crippen LogP contribution in [0.4, 0.5) is 13.6 Å². The summed E-state index contributed by atoms with van der Waals surface area (Å²) in [5, 5.41) is 0. The van der Waals surface area contributed by atoms with Gasteiger partial charge in [-0.2, -0.15) is 0 Å². The van der Waals surface area contributed by atoms with Crippen LogP contribution in [0.25, 0.3) is 0 Å². The zero-order valence-corrected chi connectivity index (χ0v) is 10.7. The van der Waals surface area contributed by atoms with Crippen LogP contribution in [0, 0.1) is 11.6 Å². The van der Waals surface area contributed by atoms with Crippen molar-refractivity contribution >= 4 is 17.9 Å². The Labute approximate surface area is 117 Å². The molecule has 1 aromatic carbocycles. The van der Waals surface area contributed by atoms with Crippen molar-refractivity contribution in [1.82, 2.24) is 9.80 Å². The first-order chi connectivity index (χ1) is 9.97. The Morgan fingerprint density at radius 1 is 1.19 bits per heavy atom. The van der Waals surface area contributed by atoms with Gasteiger partial charge in [-0.3, -0.25) is 9.59 Å². The van der Waals surface area contributed by atoms with Gasteiger partial charge >= 0.3 is 6.09 Å². The Morgan fingerprint density at radius 2 is 1.90 bits per heavy atom. The Balaban J connectivity index is 1.65. The molecular weight excluding hydrogens is 286 g/mol. The standard InChI is InChI=1S/C13H10F2N2O4/c14-9-2-1-7(3-10(9)15)12(19)16-4-8(5-16)17-11(18)6-21-13(17)20/h1-3,8H,4-6H2. The van der Waals surface area contributed by atoms with Crippen molar-refractivity contribution in [3.8, 4) is 0 Å². The first-order valence-electron chi connectivity index (χ1n) is 6.20. The molecule has 0 bridgehead atoms. The second kappa shape index (κ2) is 4.80. The minimum Gasteiger partial charge on any atom is -0.439 e. The van der Waals surface area contributed by atoms with Gasteiger partial charge in [0.1, 0.15) is 0 Å². The van der Waals surface area contributed by atoms with Crippen LogP contribution in [0.2, 0.25) is 0 Å². The van der Waals surface area contributed by atoms with Crippen LogP contribution in [-0.4, -0.2) is 53.4 Å². The van der Waals surface area contributed by atoms with Crippen LogP contribution in [-0.2, 0) is 9.53 Å². The van der Waals surface area contributed by atoms with E-state index < -0.39 is 35.6 Å². The van der Waals surface area contributed by atoms with Crippen LogP contribution in [0.5, 0.6) is 0 Å². The highest BCUT2D eigenvalue weighted by Crippen LogP contribution is 2.22. The first-order valence-corrected chi connectivity index (χ1v) is 6.20. The summed E-state index contributed by atoms with van der Waals surface area (Å²) in [5.41, 5.74) is 0.0164. The number of carbonyl (C=O) groups is 3. The van der Waals surface area contributed by atoms with E-state index >= 15 is 0 Å². The van der Waals surface area contributed by atoms with E-state index in [2.05, 4.69) is 4.74 Å². The largest absolute Gasteiger partial charge is 0.439 e. The molecule has 3 amide bonds. The lowest BCUT2D eigenvalue weighted by Crippen LogP contribution is -2.62. The number of carbonyl (C=O) groups excluding carboxylic acids is 3. The van der Waals surface area contributed by atoms with Crippen molar-refractivity contribution in [2.75, 3.05) is 19.7 Å². The maximum absolute atomic E-state index is 13.1. The summed E-state index contributed by atoms with van der Waals surface area (Å²) in [7, 11) is 0. The van der Waals surface area contributed by atoms with Gasteiger partial charge in [0.15, 0.2) is 18.2 Å². The van der Waals surface area contributed by atoms with Crippen LogP contribution in [0.1, 0.15) is 10.4 Å². The molecule has 2 aliphatic rings. The fraction of sp³-hybridized carbons (Fsp3) is 0.308. The lowest BCUT2D eigenvalue weighted by Gasteiger charge is -2.41. The summed E-state index contributed by atoms with van der Waals surface area (Å²) in [4.78, 5) is 37.1. The maximum atomic E-state index is 13.1. The van der Waals surface area contributed by atoms with Crippen molar-refractivity contribution < 1.29 is 27.9 Å². The van der Waals surface area contributed by atoms with Crippen LogP contribution in [0.15, 0.2) is 18.2 Å². The molecule has 1 aromatic rings. The molecule has 21 heavy (non-hydrogen) atoms. The molecule has 6 nitrogen and oxygen atoms in total. The van der Waals surface area contributed by atoms with Crippen molar-refractivity contribution in [3.05, 3.63) is 35.4 Å². The van der Waals surface area contributed by atoms with Gasteiger partial charge in [0.2, 0.25) is 0 Å². The summed E-state index contributed by atoms with van der Waals surface area (Å²) in [6, 6.07) is 2.45. The average Bonchev–Trinajstić information content (AvgIpc) is 2.72. The van der Waals surface area contributed by atoms with Crippen LogP contribution >= 0.6 is 0 Å². The second-order valence-corrected chi connectivity index (χ2v) is 4.81. The number of rotatable bonds is 2. The van der Waals surface area contributed by atoms with Gasteiger partial charge < -0.3 is 9.64 Å². The van der Waals surface area contributed by atoms with Gasteiger partial charge in [-0.1, -0.05) is 0 Å². The lowest BCUT2D eigenvalue weighted by molar-refractivity contribution is -0.129. The molecule has 0 radical (unpaired) electrons. The highest BCUT2D eigenvalue weighted by molar-refractivity contribution is 5.99. The third-order valence-corrected chi connectivity index (χ3v) is 3.47. The number of imide groups is 1. The minimum absolute atomic E-state index is 0.0164. The average molecular weight is 296 g/mol. The highest BCUT2D eigenvalue weighted by atomic mass is 19.2. The summed E-state index contributed by atoms with van der Waals surface area (Å²) < 4.78 is 30.5. The second-order valence-electron chi connectivity index (χ2n) is 4.81. The molecule has 0 N–H and O–H groups in total. The zero-order valence-electron chi connectivity index (χ0n) is 10.7. The van der Waals surface area contributed by atoms with E-state index in [0.29, 0.717) is 0 Å². The highest BCUT2D eigenvalue weighted by Gasteiger charge is 2.44. The maximum Gasteiger partial charge on any atom is 0.417 e. The molecule has 2 fully saturated rings. The summed E-state index contributed by atoms with van der Waals surface area (Å²) in [6.07, 6.45) is -0.718. The topological polar surface area (TPSA) is 66.9 Å². The van der Waals surface area contributed by atoms with Crippen molar-refractivity contribution in [2.24, 2.45) is 0 Å². The molecule has 0 spiro atoms. The van der Waals surface area contributed by atoms with Crippen molar-refractivity contribution in [1.29, 1.82) is 0 Å². The fourth-order valence-corrected chi connectivity index (χ4v) is 2.31. The Kier molecular flexibility index (Phi) is 3.08. The smallest absolute Gasteiger partial charge is 0.417 e. The third-order valence-electron chi connectivity index (χ3n) is 3.47. The Morgan fingerprint density at radius 3 is 2.48 bits per heavy atom. The molecule has 3 rings (SSSR count). The van der Waals surface area contributed by atoms with E-state index in [4.69, 9.17) is 0 Å². The van der Waals surface area contributed by atoms with E-state index in [-0.39, 0.29) is 25.3 Å². The van der Waals surface area contributed by atoms with Gasteiger partial charge in [-0.15, -0.1) is 0 Å². The number of hydrogen-bond acceptors (Lipinski definition) is 4. The van der Waals surface area contributed by atoms with Crippen LogP contribution in [0.3, 0.4) is 0 Å². The predicted molar refractivity (Wildman–Crippen MR) is 64.2 cm³/mol. The van der Waals surface area contributed by atoms with Gasteiger partial charge in [-0.25, -0.2) is 18.5 Å². The molecule has 0 aromatic heterocycles. The number of hydrogen-bond donors (Lipinski definition) is 0. The SMILES string of the molecule is O=C(c1ccc(F)c(F)c1)N1CC(N2C(=O)COC2=O)C1. The summed E-state index contributed by atoms with van der Waals surface area (Å²) in [6.45, 7) is 0.0176. The minimum atomic E-state index is -1.10. The number of amides is 3. The summed E-state index contributed by atoms with van der Waals surface area (Å²) >= 11 is 0. The molecule has 0 unspecified atom stereocenters. The summed E-state index contributed by atoms with van der Waals surface area (Å²) in [5.74, 6) is -3.05. The lowest BCUT2D eigenvalue weighted by atomic mass is 10.0. The van der Waals surface area contributed by atoms with Crippen molar-refractivity contribution in [3.63, 3.8) is 0 Å². The van der Waals surface area contributed by atoms with Gasteiger partial charge in [-0.05, 0) is 18.2 Å². The van der Waals surface area contributed by atoms with Gasteiger partial charge in [0, 0.05) is 18.7 Å². The molecule has 110 valence electrons. The third kappa shape index (κ3) is 2.22. The van der Waals surface area contributed by atoms with Gasteiger partial charge in [0.05, 0.1) is 6.04 Å². The molecule has 0 saturated carbocycles. The van der Waals surface area contributed by atoms with E-state index in [9.17, 15) is 23.2 Å². The number of ether oxygens (including phenoxy) is 1. The fourth-order valence-electron chi connectivity index (χ4n) is 2.31. The van der Waals surface area contributed by atoms with Gasteiger partial charge in [0.25, 0.3) is 11.8 Å². The predicted octanol–water partition coefficient (Wildman–Crippen LogP) is 0.768. The molecular formula is C13H10F2N2O4. The van der Waals surface area contributed by atoms with Crippen LogP contribution < -0.4 is 0 Å². The van der Waals surface area contributed by atoms with E-state index in [1.165, 1.54) is 11.0 Å². The normalized spacial score (nSPS) is 18.8. The number of nitrogens with zero attached hydrogens (tertiary/aromatic N) is 2. The van der Waals surface area contributed by atoms with E-state index in [1.54, 1.807) is 0 Å². The van der Waals surface area contributed by atoms with E-state index in [1.807, 2.05) is 0 Å². The quantitative estimate of drug-likeness (QED) is 0.808. The molecule has 2 saturated heterocycles. The molecule has 8 heteroatoms. The number of halogens is 2. The van der Waals surface area contributed by atoms with Crippen molar-refractivity contribution in [2.45, 2.75) is 6.04 Å². The first kappa shape index (κ1) is 13.5. The molecule has 0 aliphatic carbocycles. The van der Waals surface area contributed by atoms with E-state index in [0.717, 1.165) is 17.0 Å². The molecule has 2 aliphatic heterocycles.